The van der Waals surface area contributed by atoms with Crippen molar-refractivity contribution in [3.63, 3.8) is 0 Å². The number of carbonyl (C=O) groups is 1. The molecule has 0 heterocycles. The molecule has 2 N–H and O–H groups in total. The summed E-state index contributed by atoms with van der Waals surface area (Å²) in [7, 11) is -4.78. The van der Waals surface area contributed by atoms with Crippen LogP contribution in [0.25, 0.3) is 0 Å². The Morgan fingerprint density at radius 3 is 1.86 bits per heavy atom. The number of hydrogen-bond donors (Lipinski definition) is 2. The number of carboxylic acid groups (broad SMARTS) is 1. The van der Waals surface area contributed by atoms with Gasteiger partial charge in [0, 0.05) is 0 Å². The van der Waals surface area contributed by atoms with E-state index in [9.17, 15) is 18.3 Å². The molecule has 0 saturated heterocycles. The molecule has 0 aromatic heterocycles. The molecule has 6 nitrogen and oxygen atoms in total. The molecule has 0 aromatic rings. The zero-order valence-electron chi connectivity index (χ0n) is 13.0. The maximum Gasteiger partial charge on any atom is 0.398 e. The molecular formula is C14H28O6S. The molecule has 0 saturated carbocycles. The summed E-state index contributed by atoms with van der Waals surface area (Å²) < 4.78 is 34.8. The second-order valence-corrected chi connectivity index (χ2v) is 6.41. The Bertz CT molecular complexity index is 392. The first kappa shape index (κ1) is 20.3. The molecule has 0 bridgehead atoms. The van der Waals surface area contributed by atoms with Crippen LogP contribution in [0, 0.1) is 0 Å². The molecule has 0 aliphatic carbocycles. The van der Waals surface area contributed by atoms with Crippen molar-refractivity contribution < 1.29 is 27.1 Å². The predicted octanol–water partition coefficient (Wildman–Crippen LogP) is 3.57. The summed E-state index contributed by atoms with van der Waals surface area (Å²) in [6.07, 6.45) is 8.38. The summed E-state index contributed by atoms with van der Waals surface area (Å²) in [5.74, 6) is -1.36. The van der Waals surface area contributed by atoms with Crippen LogP contribution in [0.3, 0.4) is 0 Å². The van der Waals surface area contributed by atoms with Crippen molar-refractivity contribution in [1.82, 2.24) is 0 Å². The SMILES string of the molecule is CCCCCCCCCCC(CC)(OS(=O)(=O)O)C(=O)O. The lowest BCUT2D eigenvalue weighted by Gasteiger charge is -2.26. The molecule has 0 aliphatic heterocycles. The molecule has 1 atom stereocenters. The van der Waals surface area contributed by atoms with Crippen LogP contribution in [-0.4, -0.2) is 29.6 Å². The highest BCUT2D eigenvalue weighted by atomic mass is 32.3. The van der Waals surface area contributed by atoms with Crippen LogP contribution < -0.4 is 0 Å². The van der Waals surface area contributed by atoms with E-state index in [2.05, 4.69) is 11.1 Å². The van der Waals surface area contributed by atoms with Gasteiger partial charge < -0.3 is 5.11 Å². The Balaban J connectivity index is 4.18. The van der Waals surface area contributed by atoms with E-state index in [1.165, 1.54) is 32.6 Å². The summed E-state index contributed by atoms with van der Waals surface area (Å²) in [5, 5.41) is 9.19. The van der Waals surface area contributed by atoms with Crippen molar-refractivity contribution in [1.29, 1.82) is 0 Å². The molecule has 0 aliphatic rings. The van der Waals surface area contributed by atoms with Crippen molar-refractivity contribution in [2.75, 3.05) is 0 Å². The summed E-state index contributed by atoms with van der Waals surface area (Å²) in [5.41, 5.74) is -1.85. The molecule has 0 aromatic carbocycles. The molecule has 0 fully saturated rings. The third-order valence-electron chi connectivity index (χ3n) is 3.66. The van der Waals surface area contributed by atoms with E-state index in [4.69, 9.17) is 4.55 Å². The van der Waals surface area contributed by atoms with Crippen LogP contribution in [0.15, 0.2) is 0 Å². The summed E-state index contributed by atoms with van der Waals surface area (Å²) in [4.78, 5) is 11.3. The van der Waals surface area contributed by atoms with Gasteiger partial charge in [0.1, 0.15) is 0 Å². The molecule has 126 valence electrons. The molecule has 7 heteroatoms. The molecule has 0 spiro atoms. The van der Waals surface area contributed by atoms with E-state index in [0.29, 0.717) is 6.42 Å². The van der Waals surface area contributed by atoms with Crippen molar-refractivity contribution in [3.8, 4) is 0 Å². The first-order valence-corrected chi connectivity index (χ1v) is 9.05. The van der Waals surface area contributed by atoms with Crippen LogP contribution in [-0.2, 0) is 19.4 Å². The highest BCUT2D eigenvalue weighted by molar-refractivity contribution is 7.81. The zero-order valence-corrected chi connectivity index (χ0v) is 13.8. The third kappa shape index (κ3) is 9.06. The van der Waals surface area contributed by atoms with Crippen molar-refractivity contribution >= 4 is 16.4 Å². The maximum atomic E-state index is 11.3. The zero-order chi connectivity index (χ0) is 16.4. The van der Waals surface area contributed by atoms with Gasteiger partial charge in [0.15, 0.2) is 5.60 Å². The minimum absolute atomic E-state index is 0.0153. The molecule has 1 unspecified atom stereocenters. The minimum atomic E-state index is -4.78. The van der Waals surface area contributed by atoms with Gasteiger partial charge in [-0.3, -0.25) is 4.55 Å². The number of unbranched alkanes of at least 4 members (excludes halogenated alkanes) is 7. The second kappa shape index (κ2) is 10.1. The standard InChI is InChI=1S/C14H28O6S/c1-3-5-6-7-8-9-10-11-12-14(4-2,13(15)16)20-21(17,18)19/h3-12H2,1-2H3,(H,15,16)(H,17,18,19). The fraction of sp³-hybridized carbons (Fsp3) is 0.929. The smallest absolute Gasteiger partial charge is 0.398 e. The van der Waals surface area contributed by atoms with Crippen LogP contribution >= 0.6 is 0 Å². The predicted molar refractivity (Wildman–Crippen MR) is 80.5 cm³/mol. The third-order valence-corrected chi connectivity index (χ3v) is 4.19. The van der Waals surface area contributed by atoms with Gasteiger partial charge in [0.2, 0.25) is 0 Å². The van der Waals surface area contributed by atoms with Crippen LogP contribution in [0.1, 0.15) is 78.1 Å². The van der Waals surface area contributed by atoms with E-state index in [1.807, 2.05) is 0 Å². The number of carboxylic acids is 1. The van der Waals surface area contributed by atoms with Crippen LogP contribution in [0.5, 0.6) is 0 Å². The first-order chi connectivity index (χ1) is 9.77. The minimum Gasteiger partial charge on any atom is -0.479 e. The normalized spacial score (nSPS) is 14.8. The first-order valence-electron chi connectivity index (χ1n) is 7.69. The maximum absolute atomic E-state index is 11.3. The molecular weight excluding hydrogens is 296 g/mol. The molecule has 0 amide bonds. The van der Waals surface area contributed by atoms with Gasteiger partial charge in [-0.05, 0) is 19.3 Å². The largest absolute Gasteiger partial charge is 0.479 e. The van der Waals surface area contributed by atoms with Crippen molar-refractivity contribution in [2.45, 2.75) is 83.7 Å². The molecule has 0 radical (unpaired) electrons. The number of rotatable bonds is 13. The number of hydrogen-bond acceptors (Lipinski definition) is 4. The monoisotopic (exact) mass is 324 g/mol. The molecule has 21 heavy (non-hydrogen) atoms. The van der Waals surface area contributed by atoms with Gasteiger partial charge in [-0.15, -0.1) is 0 Å². The lowest BCUT2D eigenvalue weighted by Crippen LogP contribution is -2.42. The van der Waals surface area contributed by atoms with Gasteiger partial charge in [-0.1, -0.05) is 58.8 Å². The quantitative estimate of drug-likeness (QED) is 0.397. The average molecular weight is 324 g/mol. The van der Waals surface area contributed by atoms with Crippen molar-refractivity contribution in [3.05, 3.63) is 0 Å². The van der Waals surface area contributed by atoms with Gasteiger partial charge in [0.25, 0.3) is 0 Å². The van der Waals surface area contributed by atoms with E-state index in [1.54, 1.807) is 0 Å². The lowest BCUT2D eigenvalue weighted by molar-refractivity contribution is -0.156. The lowest BCUT2D eigenvalue weighted by atomic mass is 9.93. The Hall–Kier alpha value is -0.660. The van der Waals surface area contributed by atoms with Gasteiger partial charge in [-0.25, -0.2) is 8.98 Å². The van der Waals surface area contributed by atoms with Gasteiger partial charge in [-0.2, -0.15) is 8.42 Å². The van der Waals surface area contributed by atoms with Crippen molar-refractivity contribution in [2.24, 2.45) is 0 Å². The highest BCUT2D eigenvalue weighted by Crippen LogP contribution is 2.26. The summed E-state index contributed by atoms with van der Waals surface area (Å²) in [6, 6.07) is 0. The fourth-order valence-electron chi connectivity index (χ4n) is 2.32. The van der Waals surface area contributed by atoms with Gasteiger partial charge in [0.05, 0.1) is 0 Å². The van der Waals surface area contributed by atoms with E-state index in [-0.39, 0.29) is 12.8 Å². The highest BCUT2D eigenvalue weighted by Gasteiger charge is 2.41. The topological polar surface area (TPSA) is 101 Å². The Kier molecular flexibility index (Phi) is 9.81. The number of aliphatic carboxylic acids is 1. The van der Waals surface area contributed by atoms with E-state index in [0.717, 1.165) is 19.3 Å². The van der Waals surface area contributed by atoms with E-state index >= 15 is 0 Å². The van der Waals surface area contributed by atoms with Crippen LogP contribution in [0.2, 0.25) is 0 Å². The Labute approximate surface area is 127 Å². The van der Waals surface area contributed by atoms with Crippen LogP contribution in [0.4, 0.5) is 0 Å². The van der Waals surface area contributed by atoms with Gasteiger partial charge >= 0.3 is 16.4 Å². The average Bonchev–Trinajstić information content (AvgIpc) is 2.38. The Morgan fingerprint density at radius 2 is 1.48 bits per heavy atom. The molecule has 0 rings (SSSR count). The summed E-state index contributed by atoms with van der Waals surface area (Å²) in [6.45, 7) is 3.69. The summed E-state index contributed by atoms with van der Waals surface area (Å²) >= 11 is 0. The second-order valence-electron chi connectivity index (χ2n) is 5.39. The Morgan fingerprint density at radius 1 is 1.00 bits per heavy atom. The van der Waals surface area contributed by atoms with E-state index < -0.39 is 22.0 Å². The fourth-order valence-corrected chi connectivity index (χ4v) is 2.99.